The van der Waals surface area contributed by atoms with Gasteiger partial charge in [-0.15, -0.1) is 0 Å². The first-order valence-electron chi connectivity index (χ1n) is 15.5. The molecule has 1 atom stereocenters. The molecule has 3 heterocycles. The molecule has 0 saturated heterocycles. The van der Waals surface area contributed by atoms with Gasteiger partial charge in [0, 0.05) is 68.3 Å². The zero-order chi connectivity index (χ0) is 30.1. The number of likely N-dealkylation sites (N-methyl/N-ethyl adjacent to an activating group) is 2. The Hall–Kier alpha value is -2.96. The standard InChI is InChI=1S/C32H43N5O5S/c1-34-14-16-36(18-19-38)17-15-35(2)43(40,41)33-32(39)24-12-13-26-28(20-24)37-21-25(34)22-42-29-11-7-6-10-27(29)31(37)30(26)23-8-4-3-5-9-23/h6-7,10-13,20,23,25,38H,3-5,8-9,14-19,21-22H2,1-2H3,(H,33,39). The summed E-state index contributed by atoms with van der Waals surface area (Å²) in [5, 5.41) is 10.8. The van der Waals surface area contributed by atoms with E-state index in [-0.39, 0.29) is 19.2 Å². The molecule has 2 aliphatic heterocycles. The Morgan fingerprint density at radius 2 is 1.77 bits per heavy atom. The number of hydrogen-bond donors (Lipinski definition) is 2. The predicted molar refractivity (Wildman–Crippen MR) is 168 cm³/mol. The fraction of sp³-hybridized carbons (Fsp3) is 0.531. The maximum absolute atomic E-state index is 13.4. The van der Waals surface area contributed by atoms with Crippen molar-refractivity contribution in [3.05, 3.63) is 53.6 Å². The number of amides is 1. The number of aromatic nitrogens is 1. The number of rotatable bonds is 3. The van der Waals surface area contributed by atoms with Crippen LogP contribution in [0, 0.1) is 0 Å². The van der Waals surface area contributed by atoms with Crippen molar-refractivity contribution in [2.75, 3.05) is 60.0 Å². The van der Waals surface area contributed by atoms with Crippen LogP contribution >= 0.6 is 0 Å². The van der Waals surface area contributed by atoms with Gasteiger partial charge in [0.2, 0.25) is 0 Å². The van der Waals surface area contributed by atoms with Gasteiger partial charge in [0.15, 0.2) is 0 Å². The van der Waals surface area contributed by atoms with Gasteiger partial charge in [0.25, 0.3) is 5.91 Å². The van der Waals surface area contributed by atoms with E-state index in [1.165, 1.54) is 31.9 Å². The van der Waals surface area contributed by atoms with Crippen LogP contribution in [0.5, 0.6) is 5.75 Å². The second-order valence-corrected chi connectivity index (χ2v) is 14.0. The van der Waals surface area contributed by atoms with Crippen molar-refractivity contribution in [1.82, 2.24) is 23.4 Å². The summed E-state index contributed by atoms with van der Waals surface area (Å²) in [7, 11) is -0.486. The van der Waals surface area contributed by atoms with Gasteiger partial charge in [-0.25, -0.2) is 4.72 Å². The second-order valence-electron chi connectivity index (χ2n) is 12.2. The van der Waals surface area contributed by atoms with E-state index in [2.05, 4.69) is 38.3 Å². The monoisotopic (exact) mass is 609 g/mol. The largest absolute Gasteiger partial charge is 0.491 e. The van der Waals surface area contributed by atoms with Gasteiger partial charge in [-0.2, -0.15) is 12.7 Å². The molecule has 1 fully saturated rings. The van der Waals surface area contributed by atoms with Crippen molar-refractivity contribution in [2.24, 2.45) is 0 Å². The molecule has 2 aromatic carbocycles. The van der Waals surface area contributed by atoms with Gasteiger partial charge < -0.3 is 14.4 Å². The number of benzene rings is 2. The SMILES string of the molecule is CN1CCN(CCO)CCN(C)S(=O)(=O)NC(=O)c2ccc3c(C4CCCCC4)c4n(c3c2)CC1COc1ccccc1-4. The third kappa shape index (κ3) is 6.06. The van der Waals surface area contributed by atoms with E-state index in [9.17, 15) is 18.3 Å². The van der Waals surface area contributed by atoms with Crippen molar-refractivity contribution in [1.29, 1.82) is 0 Å². The molecule has 11 heteroatoms. The molecule has 1 aromatic heterocycles. The first-order chi connectivity index (χ1) is 20.8. The lowest BCUT2D eigenvalue weighted by molar-refractivity contribution is 0.0978. The van der Waals surface area contributed by atoms with Crippen molar-refractivity contribution >= 4 is 27.0 Å². The fourth-order valence-electron chi connectivity index (χ4n) is 6.92. The lowest BCUT2D eigenvalue weighted by Gasteiger charge is -2.34. The van der Waals surface area contributed by atoms with Crippen LogP contribution < -0.4 is 9.46 Å². The maximum Gasteiger partial charge on any atom is 0.303 e. The number of β-amino-alcohol motifs (C(OH)–C–C–N with tert-alkyl or cyclic N) is 1. The molecular weight excluding hydrogens is 566 g/mol. The van der Waals surface area contributed by atoms with E-state index in [1.807, 2.05) is 24.3 Å². The topological polar surface area (TPSA) is 107 Å². The number of aliphatic hydroxyl groups excluding tert-OH is 1. The number of carbonyl (C=O) groups is 1. The minimum atomic E-state index is -4.06. The van der Waals surface area contributed by atoms with Crippen LogP contribution in [0.4, 0.5) is 0 Å². The van der Waals surface area contributed by atoms with Crippen LogP contribution in [0.25, 0.3) is 22.2 Å². The lowest BCUT2D eigenvalue weighted by Crippen LogP contribution is -2.47. The predicted octanol–water partition coefficient (Wildman–Crippen LogP) is 3.26. The summed E-state index contributed by atoms with van der Waals surface area (Å²) in [5.74, 6) is 0.599. The Bertz CT molecular complexity index is 1580. The summed E-state index contributed by atoms with van der Waals surface area (Å²) in [5.41, 5.74) is 4.76. The van der Waals surface area contributed by atoms with Gasteiger partial charge in [-0.3, -0.25) is 14.6 Å². The van der Waals surface area contributed by atoms with Crippen LogP contribution in [-0.4, -0.2) is 104 Å². The highest BCUT2D eigenvalue weighted by atomic mass is 32.2. The number of nitrogens with zero attached hydrogens (tertiary/aromatic N) is 4. The van der Waals surface area contributed by atoms with Gasteiger partial charge >= 0.3 is 10.2 Å². The highest BCUT2D eigenvalue weighted by molar-refractivity contribution is 7.87. The van der Waals surface area contributed by atoms with Crippen molar-refractivity contribution < 1.29 is 23.1 Å². The molecule has 1 saturated carbocycles. The molecule has 3 aliphatic rings. The Balaban J connectivity index is 1.55. The molecular formula is C32H43N5O5S. The number of carbonyl (C=O) groups excluding carboxylic acids is 1. The zero-order valence-electron chi connectivity index (χ0n) is 25.2. The zero-order valence-corrected chi connectivity index (χ0v) is 26.0. The number of para-hydroxylation sites is 1. The number of hydrogen-bond acceptors (Lipinski definition) is 7. The summed E-state index contributed by atoms with van der Waals surface area (Å²) in [6.45, 7) is 3.56. The number of nitrogens with one attached hydrogen (secondary N) is 1. The average Bonchev–Trinajstić information content (AvgIpc) is 3.31. The Kier molecular flexibility index (Phi) is 8.79. The van der Waals surface area contributed by atoms with Crippen LogP contribution in [-0.2, 0) is 16.8 Å². The van der Waals surface area contributed by atoms with Gasteiger partial charge in [-0.05, 0) is 55.6 Å². The molecule has 0 spiro atoms. The smallest absolute Gasteiger partial charge is 0.303 e. The molecule has 1 unspecified atom stereocenters. The molecule has 1 amide bonds. The summed E-state index contributed by atoms with van der Waals surface area (Å²) >= 11 is 0. The highest BCUT2D eigenvalue weighted by Crippen LogP contribution is 2.47. The minimum Gasteiger partial charge on any atom is -0.491 e. The first kappa shape index (κ1) is 30.1. The molecule has 4 bridgehead atoms. The Labute approximate surface area is 254 Å². The van der Waals surface area contributed by atoms with E-state index < -0.39 is 16.1 Å². The van der Waals surface area contributed by atoms with Gasteiger partial charge in [-0.1, -0.05) is 37.5 Å². The van der Waals surface area contributed by atoms with E-state index in [1.54, 1.807) is 6.07 Å². The van der Waals surface area contributed by atoms with E-state index in [0.29, 0.717) is 44.3 Å². The van der Waals surface area contributed by atoms with Crippen molar-refractivity contribution in [3.63, 3.8) is 0 Å². The van der Waals surface area contributed by atoms with E-state index >= 15 is 0 Å². The molecule has 1 aliphatic carbocycles. The number of aliphatic hydroxyl groups is 1. The summed E-state index contributed by atoms with van der Waals surface area (Å²) in [6.07, 6.45) is 5.86. The van der Waals surface area contributed by atoms with Gasteiger partial charge in [0.05, 0.1) is 18.3 Å². The van der Waals surface area contributed by atoms with Crippen LogP contribution in [0.1, 0.15) is 53.9 Å². The normalized spacial score (nSPS) is 23.0. The summed E-state index contributed by atoms with van der Waals surface area (Å²) in [4.78, 5) is 17.8. The van der Waals surface area contributed by atoms with Crippen LogP contribution in [0.15, 0.2) is 42.5 Å². The van der Waals surface area contributed by atoms with Gasteiger partial charge in [0.1, 0.15) is 12.4 Å². The highest BCUT2D eigenvalue weighted by Gasteiger charge is 2.32. The maximum atomic E-state index is 13.4. The third-order valence-corrected chi connectivity index (χ3v) is 11.0. The van der Waals surface area contributed by atoms with E-state index in [4.69, 9.17) is 4.74 Å². The fourth-order valence-corrected chi connectivity index (χ4v) is 7.75. The quantitative estimate of drug-likeness (QED) is 0.470. The second kappa shape index (κ2) is 12.6. The van der Waals surface area contributed by atoms with Crippen molar-refractivity contribution in [3.8, 4) is 17.0 Å². The first-order valence-corrected chi connectivity index (χ1v) is 16.9. The van der Waals surface area contributed by atoms with E-state index in [0.717, 1.165) is 51.6 Å². The Morgan fingerprint density at radius 3 is 2.56 bits per heavy atom. The minimum absolute atomic E-state index is 0.0243. The average molecular weight is 610 g/mol. The number of fused-ring (bicyclic) bond motifs is 4. The molecule has 0 radical (unpaired) electrons. The Morgan fingerprint density at radius 1 is 1.00 bits per heavy atom. The molecule has 3 aromatic rings. The summed E-state index contributed by atoms with van der Waals surface area (Å²) < 4.78 is 38.6. The molecule has 43 heavy (non-hydrogen) atoms. The van der Waals surface area contributed by atoms with Crippen LogP contribution in [0.2, 0.25) is 0 Å². The lowest BCUT2D eigenvalue weighted by atomic mass is 9.81. The molecule has 232 valence electrons. The van der Waals surface area contributed by atoms with Crippen LogP contribution in [0.3, 0.4) is 0 Å². The summed E-state index contributed by atoms with van der Waals surface area (Å²) in [6, 6.07) is 13.9. The third-order valence-electron chi connectivity index (χ3n) is 9.52. The molecule has 6 rings (SSSR count). The molecule has 10 nitrogen and oxygen atoms in total. The van der Waals surface area contributed by atoms with Crippen molar-refractivity contribution in [2.45, 2.75) is 50.6 Å². The molecule has 2 N–H and O–H groups in total. The number of ether oxygens (including phenoxy) is 1.